The zero-order chi connectivity index (χ0) is 62.5. The summed E-state index contributed by atoms with van der Waals surface area (Å²) >= 11 is 1.89. The first-order valence-corrected chi connectivity index (χ1v) is 33.0. The number of rotatable bonds is 7. The smallest absolute Gasteiger partial charge is 0.252 e. The van der Waals surface area contributed by atoms with Gasteiger partial charge in [-0.25, -0.2) is 0 Å². The first-order chi connectivity index (χ1) is 43.0. The van der Waals surface area contributed by atoms with Crippen molar-refractivity contribution in [1.82, 2.24) is 4.57 Å². The van der Waals surface area contributed by atoms with Crippen LogP contribution in [0.25, 0.3) is 58.8 Å². The van der Waals surface area contributed by atoms with Crippen molar-refractivity contribution >= 4 is 128 Å². The number of hydrogen-bond acceptors (Lipinski definition) is 4. The molecule has 4 heterocycles. The molecule has 0 saturated heterocycles. The molecule has 2 aromatic heterocycles. The van der Waals surface area contributed by atoms with Crippen molar-refractivity contribution in [2.75, 3.05) is 14.7 Å². The summed E-state index contributed by atoms with van der Waals surface area (Å²) in [5.74, 6) is 0. The van der Waals surface area contributed by atoms with Gasteiger partial charge in [-0.3, -0.25) is 0 Å². The summed E-state index contributed by atoms with van der Waals surface area (Å²) in [6.07, 6.45) is 0. The minimum Gasteiger partial charge on any atom is -0.311 e. The molecule has 2 aliphatic heterocycles. The molecule has 0 unspecified atom stereocenters. The Bertz CT molecular complexity index is 4990. The fourth-order valence-electron chi connectivity index (χ4n) is 14.6. The van der Waals surface area contributed by atoms with Gasteiger partial charge in [-0.05, 0) is 206 Å². The van der Waals surface area contributed by atoms with E-state index in [0.717, 1.165) is 39.6 Å². The predicted molar refractivity (Wildman–Crippen MR) is 392 cm³/mol. The molecule has 11 aromatic carbocycles. The number of anilines is 9. The number of aromatic nitrogens is 1. The van der Waals surface area contributed by atoms with Gasteiger partial charge in [-0.1, -0.05) is 198 Å². The van der Waals surface area contributed by atoms with Crippen molar-refractivity contribution in [2.45, 2.75) is 119 Å². The van der Waals surface area contributed by atoms with Crippen molar-refractivity contribution in [3.63, 3.8) is 0 Å². The van der Waals surface area contributed by atoms with Gasteiger partial charge >= 0.3 is 0 Å². The van der Waals surface area contributed by atoms with Crippen LogP contribution in [-0.2, 0) is 21.7 Å². The highest BCUT2D eigenvalue weighted by molar-refractivity contribution is 7.25. The van der Waals surface area contributed by atoms with Crippen LogP contribution in [-0.4, -0.2) is 11.3 Å². The molecule has 0 radical (unpaired) electrons. The van der Waals surface area contributed by atoms with Crippen LogP contribution in [0.5, 0.6) is 0 Å². The second kappa shape index (κ2) is 20.7. The summed E-state index contributed by atoms with van der Waals surface area (Å²) < 4.78 is 5.08. The SMILES string of the molecule is Cc1cc(N2c3cc(N(c4ccc(C(C)(C)C)cc4)c4ccc5c6ccccc6n(-c6ccccc6)c5c4)ccc3B3c4cc(C(C)(C)C)ccc4N(c4ccc(C(C)(C)C)cc4)c4cc(C(C)(C)C)cc2c43)cc(C)c1-c1ccc2c(c1)sc1ccccc12. The maximum atomic E-state index is 2.65. The van der Waals surface area contributed by atoms with E-state index in [2.05, 4.69) is 341 Å². The Labute approximate surface area is 536 Å². The first-order valence-electron chi connectivity index (χ1n) is 32.2. The van der Waals surface area contributed by atoms with Gasteiger partial charge in [0.1, 0.15) is 0 Å². The van der Waals surface area contributed by atoms with Gasteiger partial charge in [0.2, 0.25) is 0 Å². The van der Waals surface area contributed by atoms with Crippen LogP contribution in [0.15, 0.2) is 224 Å². The van der Waals surface area contributed by atoms with Crippen molar-refractivity contribution in [1.29, 1.82) is 0 Å². The monoisotopic (exact) mass is 1190 g/mol. The normalized spacial score (nSPS) is 13.4. The molecule has 4 nitrogen and oxygen atoms in total. The Balaban J connectivity index is 1.01. The van der Waals surface area contributed by atoms with E-state index in [4.69, 9.17) is 0 Å². The van der Waals surface area contributed by atoms with Crippen LogP contribution in [0, 0.1) is 13.8 Å². The van der Waals surface area contributed by atoms with Gasteiger partial charge in [0.25, 0.3) is 6.71 Å². The molecule has 0 amide bonds. The molecular weight excluding hydrogens is 1110 g/mol. The number of fused-ring (bicyclic) bond motifs is 10. The molecule has 0 bridgehead atoms. The van der Waals surface area contributed by atoms with Gasteiger partial charge in [0, 0.05) is 87.8 Å². The molecule has 0 N–H and O–H groups in total. The number of aryl methyl sites for hydroxylation is 2. The van der Waals surface area contributed by atoms with E-state index in [-0.39, 0.29) is 28.4 Å². The first kappa shape index (κ1) is 57.4. The number of benzene rings is 11. The molecule has 0 spiro atoms. The fourth-order valence-corrected chi connectivity index (χ4v) is 15.8. The molecule has 444 valence electrons. The van der Waals surface area contributed by atoms with Crippen molar-refractivity contribution in [3.8, 4) is 16.8 Å². The van der Waals surface area contributed by atoms with Crippen LogP contribution >= 0.6 is 11.3 Å². The predicted octanol–water partition coefficient (Wildman–Crippen LogP) is 22.2. The highest BCUT2D eigenvalue weighted by Gasteiger charge is 2.45. The Morgan fingerprint density at radius 3 is 1.54 bits per heavy atom. The molecule has 0 atom stereocenters. The molecule has 15 rings (SSSR count). The Hall–Kier alpha value is -9.10. The highest BCUT2D eigenvalue weighted by Crippen LogP contribution is 2.50. The summed E-state index contributed by atoms with van der Waals surface area (Å²) in [6.45, 7) is 32.6. The van der Waals surface area contributed by atoms with Crippen molar-refractivity contribution < 1.29 is 0 Å². The third kappa shape index (κ3) is 9.47. The largest absolute Gasteiger partial charge is 0.311 e. The van der Waals surface area contributed by atoms with Gasteiger partial charge in [-0.15, -0.1) is 11.3 Å². The Kier molecular flexibility index (Phi) is 13.2. The zero-order valence-electron chi connectivity index (χ0n) is 54.6. The third-order valence-corrected chi connectivity index (χ3v) is 20.5. The molecular formula is C84H79BN4S. The fraction of sp³-hybridized carbons (Fsp3) is 0.214. The highest BCUT2D eigenvalue weighted by atomic mass is 32.1. The van der Waals surface area contributed by atoms with Gasteiger partial charge in [-0.2, -0.15) is 0 Å². The number of para-hydroxylation sites is 2. The lowest BCUT2D eigenvalue weighted by Crippen LogP contribution is -2.61. The maximum Gasteiger partial charge on any atom is 0.252 e. The number of hydrogen-bond donors (Lipinski definition) is 0. The van der Waals surface area contributed by atoms with E-state index in [1.807, 2.05) is 11.3 Å². The van der Waals surface area contributed by atoms with Gasteiger partial charge in [0.05, 0.1) is 11.0 Å². The standard InChI is InChI=1S/C84H79BN4S/c1-52-44-64(45-53(2)79(52)54-28-40-68-67-25-19-21-27-77(67)90-78(68)46-54)89-74-51-63(86(60-34-29-55(30-35-60)81(3,4)5)62-38-41-66-65-24-18-20-26-71(65)87(73(66)50-62)59-22-16-15-17-23-59)39-42-69(74)85-70-47-57(83(9,10)11)33-43-72(70)88(61-36-31-56(32-37-61)82(6,7)8)75-48-58(84(12,13)14)49-76(89)80(75)85/h15-51H,1-14H3. The number of nitrogens with zero attached hydrogens (tertiary/aromatic N) is 4. The quantitative estimate of drug-likeness (QED) is 0.148. The summed E-state index contributed by atoms with van der Waals surface area (Å²) in [5, 5.41) is 5.10. The summed E-state index contributed by atoms with van der Waals surface area (Å²) in [5.41, 5.74) is 27.8. The van der Waals surface area contributed by atoms with E-state index in [1.165, 1.54) is 120 Å². The molecule has 13 aromatic rings. The topological polar surface area (TPSA) is 14.7 Å². The van der Waals surface area contributed by atoms with E-state index >= 15 is 0 Å². The maximum absolute atomic E-state index is 2.65. The van der Waals surface area contributed by atoms with Crippen molar-refractivity contribution in [2.24, 2.45) is 0 Å². The lowest BCUT2D eigenvalue weighted by Gasteiger charge is -2.46. The molecule has 6 heteroatoms. The Morgan fingerprint density at radius 1 is 0.344 bits per heavy atom. The van der Waals surface area contributed by atoms with Crippen molar-refractivity contribution in [3.05, 3.63) is 258 Å². The van der Waals surface area contributed by atoms with E-state index in [1.54, 1.807) is 0 Å². The van der Waals surface area contributed by atoms with E-state index < -0.39 is 0 Å². The van der Waals surface area contributed by atoms with Gasteiger partial charge < -0.3 is 19.3 Å². The average Bonchev–Trinajstić information content (AvgIpc) is 0.869. The molecule has 0 aliphatic carbocycles. The molecule has 90 heavy (non-hydrogen) atoms. The lowest BCUT2D eigenvalue weighted by atomic mass is 9.33. The second-order valence-electron chi connectivity index (χ2n) is 29.6. The zero-order valence-corrected chi connectivity index (χ0v) is 55.5. The van der Waals surface area contributed by atoms with Gasteiger partial charge in [0.15, 0.2) is 0 Å². The minimum absolute atomic E-state index is 0.0109. The third-order valence-electron chi connectivity index (χ3n) is 19.4. The molecule has 0 fully saturated rings. The van der Waals surface area contributed by atoms with Crippen LogP contribution in [0.1, 0.15) is 116 Å². The number of thiophene rings is 1. The van der Waals surface area contributed by atoms with Crippen LogP contribution in [0.3, 0.4) is 0 Å². The second-order valence-corrected chi connectivity index (χ2v) is 30.7. The Morgan fingerprint density at radius 2 is 0.878 bits per heavy atom. The average molecular weight is 1190 g/mol. The van der Waals surface area contributed by atoms with Crippen LogP contribution in [0.4, 0.5) is 51.2 Å². The molecule has 2 aliphatic rings. The molecule has 0 saturated carbocycles. The van der Waals surface area contributed by atoms with Crippen LogP contribution < -0.4 is 31.1 Å². The van der Waals surface area contributed by atoms with E-state index in [9.17, 15) is 0 Å². The van der Waals surface area contributed by atoms with E-state index in [0.29, 0.717) is 0 Å². The van der Waals surface area contributed by atoms with Crippen LogP contribution in [0.2, 0.25) is 0 Å². The minimum atomic E-state index is -0.190. The summed E-state index contributed by atoms with van der Waals surface area (Å²) in [7, 11) is 0. The summed E-state index contributed by atoms with van der Waals surface area (Å²) in [4.78, 5) is 7.75. The lowest BCUT2D eigenvalue weighted by molar-refractivity contribution is 0.589. The summed E-state index contributed by atoms with van der Waals surface area (Å²) in [6, 6.07) is 86.3.